The van der Waals surface area contributed by atoms with Crippen molar-refractivity contribution in [2.45, 2.75) is 67.2 Å². The van der Waals surface area contributed by atoms with Crippen LogP contribution in [0.5, 0.6) is 0 Å². The molecule has 3 atom stereocenters. The molecule has 2 heterocycles. The quantitative estimate of drug-likeness (QED) is 0.590. The van der Waals surface area contributed by atoms with Gasteiger partial charge in [0.1, 0.15) is 0 Å². The molecule has 3 nitrogen and oxygen atoms in total. The summed E-state index contributed by atoms with van der Waals surface area (Å²) in [7, 11) is 0. The molecule has 1 aromatic heterocycles. The smallest absolute Gasteiger partial charge is 0.177 e. The Hall–Kier alpha value is -1.68. The number of fused-ring (bicyclic) bond motifs is 2. The molecule has 4 heteroatoms. The summed E-state index contributed by atoms with van der Waals surface area (Å²) < 4.78 is 0. The fraction of sp³-hybridized carbons (Fsp3) is 0.600. The number of rotatable bonds is 4. The molecule has 1 saturated carbocycles. The number of hydrogen-bond acceptors (Lipinski definition) is 4. The third-order valence-corrected chi connectivity index (χ3v) is 7.84. The van der Waals surface area contributed by atoms with Crippen LogP contribution in [0.1, 0.15) is 63.6 Å². The van der Waals surface area contributed by atoms with Gasteiger partial charge >= 0.3 is 0 Å². The van der Waals surface area contributed by atoms with Crippen molar-refractivity contribution >= 4 is 28.5 Å². The summed E-state index contributed by atoms with van der Waals surface area (Å²) in [6.07, 6.45) is 8.76. The van der Waals surface area contributed by atoms with Crippen molar-refractivity contribution in [1.82, 2.24) is 0 Å². The number of anilines is 1. The molecule has 3 unspecified atom stereocenters. The molecule has 3 aliphatic rings. The van der Waals surface area contributed by atoms with E-state index in [4.69, 9.17) is 5.41 Å². The number of thiophene rings is 1. The van der Waals surface area contributed by atoms with Crippen LogP contribution >= 0.6 is 11.3 Å². The maximum atomic E-state index is 12.8. The summed E-state index contributed by atoms with van der Waals surface area (Å²) in [6.45, 7) is 13.9. The van der Waals surface area contributed by atoms with Crippen LogP contribution in [0.25, 0.3) is 0 Å². The number of carbonyl (C=O) groups excluding carboxylic acids is 1. The van der Waals surface area contributed by atoms with Gasteiger partial charge in [-0.15, -0.1) is 11.3 Å². The van der Waals surface area contributed by atoms with Gasteiger partial charge in [0, 0.05) is 39.7 Å². The summed E-state index contributed by atoms with van der Waals surface area (Å²) in [5, 5.41) is 8.65. The fourth-order valence-electron chi connectivity index (χ4n) is 5.43. The molecule has 156 valence electrons. The predicted octanol–water partition coefficient (Wildman–Crippen LogP) is 6.32. The number of nitrogens with one attached hydrogen (secondary N) is 1. The predicted molar refractivity (Wildman–Crippen MR) is 123 cm³/mol. The molecule has 1 fully saturated rings. The first-order valence-corrected chi connectivity index (χ1v) is 11.7. The van der Waals surface area contributed by atoms with Crippen LogP contribution in [-0.4, -0.2) is 18.0 Å². The second kappa shape index (κ2) is 6.94. The highest BCUT2D eigenvalue weighted by Crippen LogP contribution is 2.66. The summed E-state index contributed by atoms with van der Waals surface area (Å²) >= 11 is 1.93. The lowest BCUT2D eigenvalue weighted by atomic mass is 9.87. The lowest BCUT2D eigenvalue weighted by Gasteiger charge is -2.28. The van der Waals surface area contributed by atoms with Gasteiger partial charge in [0.05, 0.1) is 11.4 Å². The SMILES string of the molecule is CC1=CC(N2CCCCc3sc(C)cc32)=CC2(C)C(C(=N)C(=O)CC(C)(C)C)C12. The number of hydrogen-bond donors (Lipinski definition) is 1. The molecule has 1 N–H and O–H groups in total. The Morgan fingerprint density at radius 1 is 1.31 bits per heavy atom. The van der Waals surface area contributed by atoms with Gasteiger partial charge in [-0.1, -0.05) is 39.3 Å². The zero-order valence-corrected chi connectivity index (χ0v) is 19.5. The molecule has 0 saturated heterocycles. The Bertz CT molecular complexity index is 929. The molecule has 0 aromatic carbocycles. The molecule has 2 aliphatic carbocycles. The Balaban J connectivity index is 1.63. The Morgan fingerprint density at radius 3 is 2.72 bits per heavy atom. The van der Waals surface area contributed by atoms with E-state index in [1.807, 2.05) is 11.3 Å². The van der Waals surface area contributed by atoms with Gasteiger partial charge in [0.15, 0.2) is 5.78 Å². The van der Waals surface area contributed by atoms with E-state index in [0.29, 0.717) is 18.1 Å². The van der Waals surface area contributed by atoms with Crippen molar-refractivity contribution in [3.05, 3.63) is 39.2 Å². The van der Waals surface area contributed by atoms with Gasteiger partial charge in [-0.2, -0.15) is 0 Å². The van der Waals surface area contributed by atoms with Crippen LogP contribution < -0.4 is 4.90 Å². The highest BCUT2D eigenvalue weighted by Gasteiger charge is 2.64. The average Bonchev–Trinajstić information content (AvgIpc) is 3.14. The highest BCUT2D eigenvalue weighted by atomic mass is 32.1. The van der Waals surface area contributed by atoms with Gasteiger partial charge in [0.25, 0.3) is 0 Å². The fourth-order valence-corrected chi connectivity index (χ4v) is 6.51. The third-order valence-electron chi connectivity index (χ3n) is 6.74. The number of Topliss-reactive ketones (excluding diaryl/α,β-unsaturated/α-hetero) is 1. The maximum absolute atomic E-state index is 12.8. The van der Waals surface area contributed by atoms with Crippen molar-refractivity contribution in [3.63, 3.8) is 0 Å². The van der Waals surface area contributed by atoms with Crippen LogP contribution in [0.3, 0.4) is 0 Å². The minimum Gasteiger partial charge on any atom is -0.341 e. The van der Waals surface area contributed by atoms with Crippen molar-refractivity contribution in [1.29, 1.82) is 5.41 Å². The topological polar surface area (TPSA) is 44.2 Å². The molecule has 1 aromatic rings. The summed E-state index contributed by atoms with van der Waals surface area (Å²) in [6, 6.07) is 2.34. The minimum atomic E-state index is -0.101. The minimum absolute atomic E-state index is 0.0198. The Labute approximate surface area is 179 Å². The largest absolute Gasteiger partial charge is 0.341 e. The molecule has 0 spiro atoms. The normalized spacial score (nSPS) is 28.7. The van der Waals surface area contributed by atoms with Gasteiger partial charge in [-0.25, -0.2) is 0 Å². The summed E-state index contributed by atoms with van der Waals surface area (Å²) in [4.78, 5) is 18.1. The maximum Gasteiger partial charge on any atom is 0.177 e. The molecule has 0 radical (unpaired) electrons. The standard InChI is InChI=1S/C25H34N2OS/c1-15-11-17(27-10-8-7-9-20-18(27)12-16(2)29-20)13-25(6)21(15)22(25)23(26)19(28)14-24(3,4)5/h11-13,21-22,26H,7-10,14H2,1-6H3. The van der Waals surface area contributed by atoms with E-state index in [-0.39, 0.29) is 22.5 Å². The first-order chi connectivity index (χ1) is 13.5. The zero-order valence-electron chi connectivity index (χ0n) is 18.7. The molecule has 4 rings (SSSR count). The first kappa shape index (κ1) is 20.6. The molecule has 0 amide bonds. The highest BCUT2D eigenvalue weighted by molar-refractivity contribution is 7.12. The van der Waals surface area contributed by atoms with E-state index in [0.717, 1.165) is 6.54 Å². The van der Waals surface area contributed by atoms with Gasteiger partial charge in [-0.05, 0) is 56.6 Å². The van der Waals surface area contributed by atoms with Crippen LogP contribution in [0.4, 0.5) is 5.69 Å². The van der Waals surface area contributed by atoms with Crippen LogP contribution in [0.15, 0.2) is 29.5 Å². The van der Waals surface area contributed by atoms with E-state index >= 15 is 0 Å². The lowest BCUT2D eigenvalue weighted by Crippen LogP contribution is -2.25. The molecule has 0 bridgehead atoms. The van der Waals surface area contributed by atoms with Crippen molar-refractivity contribution < 1.29 is 4.79 Å². The summed E-state index contributed by atoms with van der Waals surface area (Å²) in [5.41, 5.74) is 4.12. The van der Waals surface area contributed by atoms with Gasteiger partial charge in [-0.3, -0.25) is 4.79 Å². The average molecular weight is 411 g/mol. The number of carbonyl (C=O) groups is 1. The molecular formula is C25H34N2OS. The zero-order chi connectivity index (χ0) is 21.1. The molecular weight excluding hydrogens is 376 g/mol. The van der Waals surface area contributed by atoms with E-state index in [1.165, 1.54) is 46.0 Å². The monoisotopic (exact) mass is 410 g/mol. The third kappa shape index (κ3) is 3.65. The number of ketones is 1. The van der Waals surface area contributed by atoms with Gasteiger partial charge in [0.2, 0.25) is 0 Å². The van der Waals surface area contributed by atoms with Crippen LogP contribution in [0, 0.1) is 35.0 Å². The molecule has 29 heavy (non-hydrogen) atoms. The van der Waals surface area contributed by atoms with E-state index in [1.54, 1.807) is 0 Å². The Kier molecular flexibility index (Phi) is 4.92. The number of allylic oxidation sites excluding steroid dienone is 3. The van der Waals surface area contributed by atoms with Crippen LogP contribution in [0.2, 0.25) is 0 Å². The van der Waals surface area contributed by atoms with E-state index < -0.39 is 0 Å². The van der Waals surface area contributed by atoms with E-state index in [2.05, 4.69) is 64.7 Å². The van der Waals surface area contributed by atoms with Crippen molar-refractivity contribution in [2.75, 3.05) is 11.4 Å². The van der Waals surface area contributed by atoms with Crippen molar-refractivity contribution in [3.8, 4) is 0 Å². The summed E-state index contributed by atoms with van der Waals surface area (Å²) in [5.74, 6) is 0.353. The van der Waals surface area contributed by atoms with Crippen LogP contribution in [-0.2, 0) is 11.2 Å². The van der Waals surface area contributed by atoms with Gasteiger partial charge < -0.3 is 10.3 Å². The van der Waals surface area contributed by atoms with E-state index in [9.17, 15) is 4.79 Å². The Morgan fingerprint density at radius 2 is 2.03 bits per heavy atom. The second-order valence-corrected chi connectivity index (χ2v) is 12.0. The lowest BCUT2D eigenvalue weighted by molar-refractivity contribution is -0.114. The number of nitrogens with zero attached hydrogens (tertiary/aromatic N) is 1. The van der Waals surface area contributed by atoms with Crippen molar-refractivity contribution in [2.24, 2.45) is 22.7 Å². The number of aryl methyl sites for hydroxylation is 2. The molecule has 1 aliphatic heterocycles. The first-order valence-electron chi connectivity index (χ1n) is 10.9. The second-order valence-electron chi connectivity index (χ2n) is 10.6.